The van der Waals surface area contributed by atoms with Gasteiger partial charge in [0, 0.05) is 18.5 Å². The van der Waals surface area contributed by atoms with E-state index in [1.165, 1.54) is 0 Å². The van der Waals surface area contributed by atoms with Crippen LogP contribution in [0.15, 0.2) is 55.0 Å². The maximum Gasteiger partial charge on any atom is 0.262 e. The molecule has 0 spiro atoms. The third-order valence-corrected chi connectivity index (χ3v) is 3.29. The van der Waals surface area contributed by atoms with E-state index in [1.807, 2.05) is 25.1 Å². The monoisotopic (exact) mass is 323 g/mol. The molecule has 0 saturated heterocycles. The quantitative estimate of drug-likeness (QED) is 0.753. The number of rotatable bonds is 6. The van der Waals surface area contributed by atoms with Gasteiger partial charge in [-0.3, -0.25) is 9.78 Å². The van der Waals surface area contributed by atoms with E-state index in [4.69, 9.17) is 4.74 Å². The largest absolute Gasteiger partial charge is 0.477 e. The second kappa shape index (κ2) is 7.36. The Hall–Kier alpha value is -3.22. The van der Waals surface area contributed by atoms with Gasteiger partial charge in [0.15, 0.2) is 0 Å². The average Bonchev–Trinajstić information content (AvgIpc) is 3.03. The molecule has 3 heterocycles. The summed E-state index contributed by atoms with van der Waals surface area (Å²) in [6.07, 6.45) is 4.94. The predicted octanol–water partition coefficient (Wildman–Crippen LogP) is 2.37. The smallest absolute Gasteiger partial charge is 0.262 e. The molecule has 0 aliphatic carbocycles. The van der Waals surface area contributed by atoms with E-state index >= 15 is 0 Å². The summed E-state index contributed by atoms with van der Waals surface area (Å²) in [6.45, 7) is 2.75. The number of anilines is 1. The van der Waals surface area contributed by atoms with Crippen molar-refractivity contribution in [2.75, 3.05) is 11.9 Å². The van der Waals surface area contributed by atoms with Crippen LogP contribution in [0.5, 0.6) is 5.88 Å². The van der Waals surface area contributed by atoms with Crippen molar-refractivity contribution in [2.24, 2.45) is 0 Å². The molecule has 0 aromatic carbocycles. The highest BCUT2D eigenvalue weighted by atomic mass is 16.5. The van der Waals surface area contributed by atoms with Gasteiger partial charge in [0.2, 0.25) is 5.88 Å². The zero-order valence-corrected chi connectivity index (χ0v) is 13.2. The van der Waals surface area contributed by atoms with Gasteiger partial charge in [-0.1, -0.05) is 6.07 Å². The second-order valence-electron chi connectivity index (χ2n) is 4.94. The number of hydrogen-bond acceptors (Lipinski definition) is 5. The summed E-state index contributed by atoms with van der Waals surface area (Å²) in [4.78, 5) is 20.9. The van der Waals surface area contributed by atoms with Gasteiger partial charge >= 0.3 is 0 Å². The molecule has 0 saturated carbocycles. The lowest BCUT2D eigenvalue weighted by atomic mass is 10.2. The molecule has 1 amide bonds. The molecule has 0 aliphatic rings. The van der Waals surface area contributed by atoms with Crippen LogP contribution in [0.25, 0.3) is 0 Å². The Bertz CT molecular complexity index is 817. The van der Waals surface area contributed by atoms with E-state index in [2.05, 4.69) is 20.4 Å². The van der Waals surface area contributed by atoms with Crippen molar-refractivity contribution < 1.29 is 9.53 Å². The van der Waals surface area contributed by atoms with E-state index < -0.39 is 0 Å². The Morgan fingerprint density at radius 3 is 2.79 bits per heavy atom. The molecule has 3 rings (SSSR count). The summed E-state index contributed by atoms with van der Waals surface area (Å²) in [6, 6.07) is 10.8. The van der Waals surface area contributed by atoms with Crippen molar-refractivity contribution >= 4 is 11.7 Å². The van der Waals surface area contributed by atoms with Crippen LogP contribution in [0.1, 0.15) is 23.0 Å². The summed E-state index contributed by atoms with van der Waals surface area (Å²) in [5.74, 6) is 0.597. The van der Waals surface area contributed by atoms with Crippen LogP contribution in [0.3, 0.4) is 0 Å². The Morgan fingerprint density at radius 2 is 2.00 bits per heavy atom. The van der Waals surface area contributed by atoms with E-state index in [0.29, 0.717) is 30.4 Å². The van der Waals surface area contributed by atoms with Crippen molar-refractivity contribution in [3.63, 3.8) is 0 Å². The number of nitrogens with one attached hydrogen (secondary N) is 1. The van der Waals surface area contributed by atoms with Crippen molar-refractivity contribution in [3.05, 3.63) is 66.2 Å². The first-order valence-corrected chi connectivity index (χ1v) is 7.59. The van der Waals surface area contributed by atoms with Crippen molar-refractivity contribution in [1.82, 2.24) is 19.7 Å². The number of hydrogen-bond donors (Lipinski definition) is 1. The number of pyridine rings is 2. The lowest BCUT2D eigenvalue weighted by Gasteiger charge is -2.11. The number of aromatic nitrogens is 4. The third-order valence-electron chi connectivity index (χ3n) is 3.29. The van der Waals surface area contributed by atoms with Crippen LogP contribution in [0, 0.1) is 0 Å². The van der Waals surface area contributed by atoms with Gasteiger partial charge in [0.25, 0.3) is 5.91 Å². The SMILES string of the molecule is CCOc1ncccc1C(=O)Nc1ccnn1Cc1ccccn1. The minimum atomic E-state index is -0.297. The summed E-state index contributed by atoms with van der Waals surface area (Å²) in [5.41, 5.74) is 1.23. The number of nitrogens with zero attached hydrogens (tertiary/aromatic N) is 4. The van der Waals surface area contributed by atoms with Crippen LogP contribution in [-0.2, 0) is 6.54 Å². The molecule has 7 nitrogen and oxygen atoms in total. The fourth-order valence-corrected chi connectivity index (χ4v) is 2.21. The summed E-state index contributed by atoms with van der Waals surface area (Å²) >= 11 is 0. The third kappa shape index (κ3) is 3.57. The molecular formula is C17H17N5O2. The number of carbonyl (C=O) groups is 1. The second-order valence-corrected chi connectivity index (χ2v) is 4.94. The minimum absolute atomic E-state index is 0.297. The maximum atomic E-state index is 12.5. The van der Waals surface area contributed by atoms with E-state index in [9.17, 15) is 4.79 Å². The van der Waals surface area contributed by atoms with Gasteiger partial charge in [-0.2, -0.15) is 5.10 Å². The molecule has 0 bridgehead atoms. The van der Waals surface area contributed by atoms with E-state index in [-0.39, 0.29) is 5.91 Å². The predicted molar refractivity (Wildman–Crippen MR) is 88.9 cm³/mol. The van der Waals surface area contributed by atoms with Crippen LogP contribution in [0.2, 0.25) is 0 Å². The number of ether oxygens (including phenoxy) is 1. The summed E-state index contributed by atoms with van der Waals surface area (Å²) < 4.78 is 7.08. The van der Waals surface area contributed by atoms with Crippen LogP contribution in [-0.4, -0.2) is 32.3 Å². The highest BCUT2D eigenvalue weighted by molar-refractivity contribution is 6.05. The molecule has 122 valence electrons. The molecule has 1 N–H and O–H groups in total. The molecular weight excluding hydrogens is 306 g/mol. The topological polar surface area (TPSA) is 81.9 Å². The first-order valence-electron chi connectivity index (χ1n) is 7.59. The van der Waals surface area contributed by atoms with Gasteiger partial charge in [-0.05, 0) is 31.2 Å². The molecule has 0 radical (unpaired) electrons. The molecule has 7 heteroatoms. The summed E-state index contributed by atoms with van der Waals surface area (Å²) in [5, 5.41) is 7.07. The molecule has 0 atom stereocenters. The molecule has 3 aromatic heterocycles. The number of amides is 1. The van der Waals surface area contributed by atoms with Crippen LogP contribution < -0.4 is 10.1 Å². The lowest BCUT2D eigenvalue weighted by Crippen LogP contribution is -2.18. The van der Waals surface area contributed by atoms with Gasteiger partial charge in [-0.25, -0.2) is 9.67 Å². The van der Waals surface area contributed by atoms with Crippen molar-refractivity contribution in [2.45, 2.75) is 13.5 Å². The molecule has 0 fully saturated rings. The van der Waals surface area contributed by atoms with Crippen LogP contribution in [0.4, 0.5) is 5.82 Å². The van der Waals surface area contributed by atoms with E-state index in [1.54, 1.807) is 41.5 Å². The molecule has 24 heavy (non-hydrogen) atoms. The highest BCUT2D eigenvalue weighted by Crippen LogP contribution is 2.17. The molecule has 0 aliphatic heterocycles. The Kier molecular flexibility index (Phi) is 4.81. The number of carbonyl (C=O) groups excluding carboxylic acids is 1. The minimum Gasteiger partial charge on any atom is -0.477 e. The standard InChI is InChI=1S/C17H17N5O2/c1-2-24-17-14(7-5-10-19-17)16(23)21-15-8-11-20-22(15)12-13-6-3-4-9-18-13/h3-11H,2,12H2,1H3,(H,21,23). The first kappa shape index (κ1) is 15.7. The fraction of sp³-hybridized carbons (Fsp3) is 0.176. The normalized spacial score (nSPS) is 10.4. The molecule has 3 aromatic rings. The zero-order valence-electron chi connectivity index (χ0n) is 13.2. The zero-order chi connectivity index (χ0) is 16.8. The summed E-state index contributed by atoms with van der Waals surface area (Å²) in [7, 11) is 0. The van der Waals surface area contributed by atoms with Gasteiger partial charge in [0.05, 0.1) is 25.0 Å². The lowest BCUT2D eigenvalue weighted by molar-refractivity contribution is 0.102. The van der Waals surface area contributed by atoms with Crippen LogP contribution >= 0.6 is 0 Å². The maximum absolute atomic E-state index is 12.5. The first-order chi connectivity index (χ1) is 11.8. The average molecular weight is 323 g/mol. The fourth-order valence-electron chi connectivity index (χ4n) is 2.21. The van der Waals surface area contributed by atoms with Crippen molar-refractivity contribution in [3.8, 4) is 5.88 Å². The van der Waals surface area contributed by atoms with Gasteiger partial charge in [-0.15, -0.1) is 0 Å². The van der Waals surface area contributed by atoms with Gasteiger partial charge < -0.3 is 10.1 Å². The van der Waals surface area contributed by atoms with E-state index in [0.717, 1.165) is 5.69 Å². The molecule has 0 unspecified atom stereocenters. The Balaban J connectivity index is 1.78. The Labute approximate surface area is 139 Å². The van der Waals surface area contributed by atoms with Gasteiger partial charge in [0.1, 0.15) is 11.4 Å². The van der Waals surface area contributed by atoms with Crippen molar-refractivity contribution in [1.29, 1.82) is 0 Å². The Morgan fingerprint density at radius 1 is 1.12 bits per heavy atom. The highest BCUT2D eigenvalue weighted by Gasteiger charge is 2.15.